The Hall–Kier alpha value is -6.18. The van der Waals surface area contributed by atoms with E-state index in [0.717, 1.165) is 21.9 Å². The maximum absolute atomic E-state index is 9.53. The highest BCUT2D eigenvalue weighted by molar-refractivity contribution is 5.90. The molecule has 0 heterocycles. The third-order valence-electron chi connectivity index (χ3n) is 7.88. The Kier molecular flexibility index (Phi) is 4.72. The zero-order valence-corrected chi connectivity index (χ0v) is 25.0. The van der Waals surface area contributed by atoms with E-state index in [9.17, 15) is 11.0 Å². The summed E-state index contributed by atoms with van der Waals surface area (Å²) in [6, 6.07) is 28.7. The molecular weight excluding hydrogens is 567 g/mol. The van der Waals surface area contributed by atoms with Crippen LogP contribution >= 0.6 is 0 Å². The molecule has 0 spiro atoms. The summed E-state index contributed by atoms with van der Waals surface area (Å²) in [5.41, 5.74) is 1.69. The Balaban J connectivity index is 1.39. The van der Waals surface area contributed by atoms with Crippen molar-refractivity contribution in [2.75, 3.05) is 4.90 Å². The molecule has 0 bridgehead atoms. The summed E-state index contributed by atoms with van der Waals surface area (Å²) in [6.45, 7) is 0. The molecule has 0 radical (unpaired) electrons. The van der Waals surface area contributed by atoms with Crippen LogP contribution in [0.5, 0.6) is 0 Å². The maximum Gasteiger partial charge on any atom is 0.0645 e. The molecule has 0 fully saturated rings. The molecule has 8 aromatic rings. The van der Waals surface area contributed by atoms with Crippen molar-refractivity contribution in [3.05, 3.63) is 200 Å². The molecule has 0 saturated heterocycles. The molecule has 0 aliphatic carbocycles. The van der Waals surface area contributed by atoms with Crippen molar-refractivity contribution < 1.29 is 17.8 Å². The van der Waals surface area contributed by atoms with Crippen molar-refractivity contribution in [2.24, 2.45) is 0 Å². The summed E-state index contributed by atoms with van der Waals surface area (Å²) in [6.07, 6.45) is 0. The van der Waals surface area contributed by atoms with Crippen molar-refractivity contribution in [3.63, 3.8) is 0 Å². The summed E-state index contributed by atoms with van der Waals surface area (Å²) in [5.74, 6) is 0. The van der Waals surface area contributed by atoms with Crippen LogP contribution in [0.3, 0.4) is 0 Å². The Morgan fingerprint density at radius 3 is 1.60 bits per heavy atom. The number of benzene rings is 8. The number of nitrogens with zero attached hydrogens (tertiary/aromatic N) is 1. The molecule has 0 N–H and O–H groups in total. The molecule has 1 nitrogen and oxygen atoms in total. The van der Waals surface area contributed by atoms with Crippen LogP contribution in [-0.2, 0) is 0 Å². The van der Waals surface area contributed by atoms with E-state index < -0.39 is 95.4 Å². The SMILES string of the molecule is [2H]c1c([2H])c([2H])c(-c2c([2H])c([2H])c(N(c3ccccc3-c3ccccc3)c3c([2H])c([2H])c(-c4cccc(-c5ccc6ccccc6c5)c4)c([2H])c3[2H])c([2H])c2[2H])c([2H])c1[2H]. The minimum Gasteiger partial charge on any atom is -0.310 e. The fourth-order valence-corrected chi connectivity index (χ4v) is 5.59. The first-order valence-corrected chi connectivity index (χ1v) is 15.0. The lowest BCUT2D eigenvalue weighted by Crippen LogP contribution is -2.11. The number of fused-ring (bicyclic) bond motifs is 1. The monoisotopic (exact) mass is 612 g/mol. The second kappa shape index (κ2) is 12.7. The van der Waals surface area contributed by atoms with Crippen molar-refractivity contribution in [2.45, 2.75) is 0 Å². The number of hydrogen-bond donors (Lipinski definition) is 0. The lowest BCUT2D eigenvalue weighted by molar-refractivity contribution is 1.28. The van der Waals surface area contributed by atoms with Gasteiger partial charge in [-0.2, -0.15) is 0 Å². The van der Waals surface area contributed by atoms with Gasteiger partial charge >= 0.3 is 0 Å². The van der Waals surface area contributed by atoms with Crippen molar-refractivity contribution in [1.82, 2.24) is 0 Å². The summed E-state index contributed by atoms with van der Waals surface area (Å²) < 4.78 is 117. The van der Waals surface area contributed by atoms with Gasteiger partial charge in [-0.15, -0.1) is 0 Å². The van der Waals surface area contributed by atoms with Gasteiger partial charge in [-0.3, -0.25) is 0 Å². The van der Waals surface area contributed by atoms with E-state index in [-0.39, 0.29) is 16.9 Å². The predicted octanol–water partition coefficient (Wildman–Crippen LogP) is 13.0. The topological polar surface area (TPSA) is 3.24 Å². The Labute approximate surface area is 294 Å². The average molecular weight is 613 g/mol. The molecule has 0 amide bonds. The van der Waals surface area contributed by atoms with Crippen molar-refractivity contribution >= 4 is 27.8 Å². The standard InChI is InChI=1S/C46H33N/c1-3-12-34(13-4-1)36-24-28-43(29-25-36)47(46-21-10-9-20-45(46)38-15-5-2-6-16-38)44-30-26-37(27-31-44)40-18-11-19-41(32-40)42-23-22-35-14-7-8-17-39(35)33-42/h1-33H/i1D,3D,4D,12D,13D,24D,25D,26D,27D,28D,29D,30D,31D. The Bertz CT molecular complexity index is 2950. The summed E-state index contributed by atoms with van der Waals surface area (Å²) >= 11 is 0. The number of anilines is 3. The van der Waals surface area contributed by atoms with Gasteiger partial charge in [0.15, 0.2) is 0 Å². The third-order valence-corrected chi connectivity index (χ3v) is 7.88. The first-order chi connectivity index (χ1) is 28.7. The molecule has 1 heteroatoms. The second-order valence-electron chi connectivity index (χ2n) is 10.8. The van der Waals surface area contributed by atoms with Gasteiger partial charge in [-0.25, -0.2) is 0 Å². The Morgan fingerprint density at radius 1 is 0.340 bits per heavy atom. The number of para-hydroxylation sites is 1. The van der Waals surface area contributed by atoms with Gasteiger partial charge < -0.3 is 4.90 Å². The molecule has 8 rings (SSSR count). The molecule has 8 aromatic carbocycles. The molecule has 0 aliphatic rings. The predicted molar refractivity (Wildman–Crippen MR) is 200 cm³/mol. The van der Waals surface area contributed by atoms with E-state index in [1.807, 2.05) is 66.7 Å². The second-order valence-corrected chi connectivity index (χ2v) is 10.8. The first-order valence-electron chi connectivity index (χ1n) is 21.5. The highest BCUT2D eigenvalue weighted by atomic mass is 15.1. The van der Waals surface area contributed by atoms with Gasteiger partial charge in [0.05, 0.1) is 23.5 Å². The van der Waals surface area contributed by atoms with Gasteiger partial charge in [-0.05, 0) is 92.1 Å². The van der Waals surface area contributed by atoms with E-state index in [2.05, 4.69) is 0 Å². The maximum atomic E-state index is 9.53. The van der Waals surface area contributed by atoms with Gasteiger partial charge in [0, 0.05) is 16.9 Å². The van der Waals surface area contributed by atoms with Gasteiger partial charge in [-0.1, -0.05) is 158 Å². The van der Waals surface area contributed by atoms with Crippen LogP contribution in [0.4, 0.5) is 17.1 Å². The van der Waals surface area contributed by atoms with E-state index in [1.54, 1.807) is 54.6 Å². The minimum absolute atomic E-state index is 0.0174. The molecule has 0 aliphatic heterocycles. The largest absolute Gasteiger partial charge is 0.310 e. The minimum atomic E-state index is -0.732. The van der Waals surface area contributed by atoms with Gasteiger partial charge in [0.2, 0.25) is 0 Å². The normalized spacial score (nSPS) is 14.9. The smallest absolute Gasteiger partial charge is 0.0645 e. The zero-order valence-electron chi connectivity index (χ0n) is 38.0. The highest BCUT2D eigenvalue weighted by Gasteiger charge is 2.17. The van der Waals surface area contributed by atoms with Gasteiger partial charge in [0.1, 0.15) is 0 Å². The molecule has 0 unspecified atom stereocenters. The van der Waals surface area contributed by atoms with Crippen LogP contribution in [0.25, 0.3) is 55.3 Å². The summed E-state index contributed by atoms with van der Waals surface area (Å²) in [5, 5.41) is 2.09. The fraction of sp³-hybridized carbons (Fsp3) is 0. The van der Waals surface area contributed by atoms with Gasteiger partial charge in [0.25, 0.3) is 0 Å². The van der Waals surface area contributed by atoms with E-state index in [1.165, 1.54) is 4.90 Å². The molecule has 0 atom stereocenters. The first kappa shape index (κ1) is 17.5. The van der Waals surface area contributed by atoms with Crippen molar-refractivity contribution in [3.8, 4) is 44.5 Å². The number of rotatable bonds is 7. The molecule has 222 valence electrons. The fourth-order valence-electron chi connectivity index (χ4n) is 5.59. The third kappa shape index (κ3) is 5.83. The quantitative estimate of drug-likeness (QED) is 0.173. The van der Waals surface area contributed by atoms with E-state index >= 15 is 0 Å². The molecule has 0 saturated carbocycles. The molecular formula is C46H33N. The van der Waals surface area contributed by atoms with E-state index in [4.69, 9.17) is 6.85 Å². The van der Waals surface area contributed by atoms with Crippen LogP contribution in [-0.4, -0.2) is 0 Å². The zero-order chi connectivity index (χ0) is 42.7. The Morgan fingerprint density at radius 2 is 0.872 bits per heavy atom. The lowest BCUT2D eigenvalue weighted by Gasteiger charge is -2.28. The van der Waals surface area contributed by atoms with Crippen LogP contribution < -0.4 is 4.90 Å². The van der Waals surface area contributed by atoms with Crippen LogP contribution in [0.15, 0.2) is 200 Å². The van der Waals surface area contributed by atoms with Crippen LogP contribution in [0.1, 0.15) is 17.8 Å². The van der Waals surface area contributed by atoms with E-state index in [0.29, 0.717) is 16.7 Å². The molecule has 47 heavy (non-hydrogen) atoms. The average Bonchev–Trinajstić information content (AvgIpc) is 3.27. The van der Waals surface area contributed by atoms with Crippen LogP contribution in [0, 0.1) is 0 Å². The number of hydrogen-bond acceptors (Lipinski definition) is 1. The highest BCUT2D eigenvalue weighted by Crippen LogP contribution is 2.42. The summed E-state index contributed by atoms with van der Waals surface area (Å²) in [4.78, 5) is 1.20. The molecule has 0 aromatic heterocycles. The van der Waals surface area contributed by atoms with Crippen LogP contribution in [0.2, 0.25) is 0 Å². The summed E-state index contributed by atoms with van der Waals surface area (Å²) in [7, 11) is 0. The lowest BCUT2D eigenvalue weighted by atomic mass is 9.97. The van der Waals surface area contributed by atoms with Crippen molar-refractivity contribution in [1.29, 1.82) is 0 Å².